The van der Waals surface area contributed by atoms with Crippen molar-refractivity contribution in [3.05, 3.63) is 0 Å². The van der Waals surface area contributed by atoms with Gasteiger partial charge in [0.25, 0.3) is 0 Å². The van der Waals surface area contributed by atoms with Gasteiger partial charge in [0, 0.05) is 32.1 Å². The van der Waals surface area contributed by atoms with E-state index in [-0.39, 0.29) is 23.7 Å². The van der Waals surface area contributed by atoms with Gasteiger partial charge in [-0.1, -0.05) is 0 Å². The van der Waals surface area contributed by atoms with Crippen molar-refractivity contribution in [2.75, 3.05) is 26.2 Å². The van der Waals surface area contributed by atoms with E-state index < -0.39 is 11.9 Å². The van der Waals surface area contributed by atoms with Gasteiger partial charge < -0.3 is 14.9 Å². The molecule has 3 fully saturated rings. The van der Waals surface area contributed by atoms with E-state index in [0.29, 0.717) is 26.1 Å². The van der Waals surface area contributed by atoms with Crippen molar-refractivity contribution >= 4 is 17.8 Å². The Labute approximate surface area is 130 Å². The minimum atomic E-state index is -0.813. The van der Waals surface area contributed by atoms with Gasteiger partial charge in [-0.2, -0.15) is 0 Å². The molecule has 0 spiro atoms. The van der Waals surface area contributed by atoms with E-state index in [1.165, 1.54) is 0 Å². The average Bonchev–Trinajstić information content (AvgIpc) is 3.38. The van der Waals surface area contributed by atoms with Crippen molar-refractivity contribution in [1.82, 2.24) is 9.80 Å². The van der Waals surface area contributed by atoms with Crippen molar-refractivity contribution in [2.45, 2.75) is 38.5 Å². The highest BCUT2D eigenvalue weighted by atomic mass is 16.4. The third-order valence-corrected chi connectivity index (χ3v) is 5.09. The van der Waals surface area contributed by atoms with E-state index in [1.54, 1.807) is 4.90 Å². The number of rotatable bonds is 3. The fourth-order valence-corrected chi connectivity index (χ4v) is 3.60. The standard InChI is InChI=1S/C16H24N2O4/c19-14(11-5-6-11)17-7-1-3-12(9-17)15(20)18-8-2-4-13(10-18)16(21)22/h11-13H,1-10H2,(H,21,22)/t12-,13-/m1/s1. The Balaban J connectivity index is 1.58. The summed E-state index contributed by atoms with van der Waals surface area (Å²) in [7, 11) is 0. The summed E-state index contributed by atoms with van der Waals surface area (Å²) in [4.78, 5) is 39.5. The van der Waals surface area contributed by atoms with Crippen LogP contribution in [0.3, 0.4) is 0 Å². The van der Waals surface area contributed by atoms with Crippen LogP contribution in [0.25, 0.3) is 0 Å². The smallest absolute Gasteiger partial charge is 0.308 e. The van der Waals surface area contributed by atoms with Gasteiger partial charge in [-0.05, 0) is 38.5 Å². The highest BCUT2D eigenvalue weighted by molar-refractivity contribution is 5.84. The Morgan fingerprint density at radius 2 is 1.23 bits per heavy atom. The van der Waals surface area contributed by atoms with Gasteiger partial charge >= 0.3 is 5.97 Å². The summed E-state index contributed by atoms with van der Waals surface area (Å²) in [6, 6.07) is 0. The first-order chi connectivity index (χ1) is 10.6. The predicted octanol–water partition coefficient (Wildman–Crippen LogP) is 0.958. The minimum Gasteiger partial charge on any atom is -0.481 e. The number of carboxylic acids is 1. The van der Waals surface area contributed by atoms with Gasteiger partial charge in [0.15, 0.2) is 0 Å². The van der Waals surface area contributed by atoms with E-state index in [4.69, 9.17) is 5.11 Å². The van der Waals surface area contributed by atoms with Gasteiger partial charge in [-0.3, -0.25) is 14.4 Å². The molecule has 1 N–H and O–H groups in total. The van der Waals surface area contributed by atoms with E-state index in [1.807, 2.05) is 4.90 Å². The number of hydrogen-bond acceptors (Lipinski definition) is 3. The maximum Gasteiger partial charge on any atom is 0.308 e. The number of carbonyl (C=O) groups excluding carboxylic acids is 2. The van der Waals surface area contributed by atoms with Gasteiger partial charge in [-0.25, -0.2) is 0 Å². The Bertz CT molecular complexity index is 475. The molecule has 0 aromatic heterocycles. The fourth-order valence-electron chi connectivity index (χ4n) is 3.60. The fraction of sp³-hybridized carbons (Fsp3) is 0.812. The maximum absolute atomic E-state index is 12.7. The topological polar surface area (TPSA) is 77.9 Å². The average molecular weight is 308 g/mol. The zero-order valence-corrected chi connectivity index (χ0v) is 12.9. The lowest BCUT2D eigenvalue weighted by atomic mass is 9.93. The van der Waals surface area contributed by atoms with Crippen LogP contribution in [0.2, 0.25) is 0 Å². The van der Waals surface area contributed by atoms with Crippen molar-refractivity contribution < 1.29 is 19.5 Å². The van der Waals surface area contributed by atoms with Crippen LogP contribution in [0.15, 0.2) is 0 Å². The normalized spacial score (nSPS) is 29.3. The van der Waals surface area contributed by atoms with Crippen molar-refractivity contribution in [2.24, 2.45) is 17.8 Å². The van der Waals surface area contributed by atoms with E-state index in [0.717, 1.165) is 38.6 Å². The summed E-state index contributed by atoms with van der Waals surface area (Å²) in [5.74, 6) is -0.958. The number of likely N-dealkylation sites (tertiary alicyclic amines) is 2. The molecule has 1 aliphatic carbocycles. The summed E-state index contributed by atoms with van der Waals surface area (Å²) < 4.78 is 0. The molecule has 2 amide bonds. The lowest BCUT2D eigenvalue weighted by molar-refractivity contribution is -0.147. The molecule has 1 saturated carbocycles. The summed E-state index contributed by atoms with van der Waals surface area (Å²) in [5, 5.41) is 9.14. The van der Waals surface area contributed by atoms with Crippen molar-refractivity contribution in [3.63, 3.8) is 0 Å². The van der Waals surface area contributed by atoms with Gasteiger partial charge in [0.05, 0.1) is 11.8 Å². The van der Waals surface area contributed by atoms with Crippen molar-refractivity contribution in [3.8, 4) is 0 Å². The summed E-state index contributed by atoms with van der Waals surface area (Å²) >= 11 is 0. The van der Waals surface area contributed by atoms with E-state index >= 15 is 0 Å². The van der Waals surface area contributed by atoms with Crippen LogP contribution >= 0.6 is 0 Å². The number of aliphatic carboxylic acids is 1. The number of nitrogens with zero attached hydrogens (tertiary/aromatic N) is 2. The molecular weight excluding hydrogens is 284 g/mol. The number of amides is 2. The Hall–Kier alpha value is -1.59. The molecule has 3 rings (SSSR count). The van der Waals surface area contributed by atoms with Gasteiger partial charge in [-0.15, -0.1) is 0 Å². The third kappa shape index (κ3) is 3.25. The lowest BCUT2D eigenvalue weighted by Gasteiger charge is -2.37. The molecule has 3 aliphatic rings. The first-order valence-corrected chi connectivity index (χ1v) is 8.36. The van der Waals surface area contributed by atoms with Crippen LogP contribution in [0.5, 0.6) is 0 Å². The molecule has 2 heterocycles. The second-order valence-electron chi connectivity index (χ2n) is 6.86. The molecule has 0 unspecified atom stereocenters. The molecule has 0 aromatic rings. The molecule has 6 nitrogen and oxygen atoms in total. The SMILES string of the molecule is O=C(O)[C@@H]1CCCN(C(=O)[C@@H]2CCCN(C(=O)C3CC3)C2)C1. The molecule has 2 saturated heterocycles. The maximum atomic E-state index is 12.7. The van der Waals surface area contributed by atoms with Crippen LogP contribution in [-0.2, 0) is 14.4 Å². The second kappa shape index (κ2) is 6.26. The van der Waals surface area contributed by atoms with Gasteiger partial charge in [0.1, 0.15) is 0 Å². The molecule has 22 heavy (non-hydrogen) atoms. The number of piperidine rings is 2. The first kappa shape index (κ1) is 15.3. The molecule has 0 aromatic carbocycles. The quantitative estimate of drug-likeness (QED) is 0.842. The van der Waals surface area contributed by atoms with Crippen LogP contribution in [0.4, 0.5) is 0 Å². The van der Waals surface area contributed by atoms with Crippen LogP contribution in [0.1, 0.15) is 38.5 Å². The molecule has 2 aliphatic heterocycles. The lowest BCUT2D eigenvalue weighted by Crippen LogP contribution is -2.50. The zero-order chi connectivity index (χ0) is 15.7. The largest absolute Gasteiger partial charge is 0.481 e. The highest BCUT2D eigenvalue weighted by Gasteiger charge is 2.38. The highest BCUT2D eigenvalue weighted by Crippen LogP contribution is 2.33. The second-order valence-corrected chi connectivity index (χ2v) is 6.86. The van der Waals surface area contributed by atoms with Crippen molar-refractivity contribution in [1.29, 1.82) is 0 Å². The summed E-state index contributed by atoms with van der Waals surface area (Å²) in [6.07, 6.45) is 5.05. The third-order valence-electron chi connectivity index (χ3n) is 5.09. The number of hydrogen-bond donors (Lipinski definition) is 1. The minimum absolute atomic E-state index is 0.0410. The van der Waals surface area contributed by atoms with E-state index in [9.17, 15) is 14.4 Å². The molecule has 0 bridgehead atoms. The monoisotopic (exact) mass is 308 g/mol. The number of carboxylic acid groups (broad SMARTS) is 1. The first-order valence-electron chi connectivity index (χ1n) is 8.36. The molecule has 122 valence electrons. The van der Waals surface area contributed by atoms with Gasteiger partial charge in [0.2, 0.25) is 11.8 Å². The number of carbonyl (C=O) groups is 3. The summed E-state index contributed by atoms with van der Waals surface area (Å²) in [5.41, 5.74) is 0. The zero-order valence-electron chi connectivity index (χ0n) is 12.9. The predicted molar refractivity (Wildman–Crippen MR) is 79.0 cm³/mol. The Morgan fingerprint density at radius 3 is 1.77 bits per heavy atom. The molecule has 0 radical (unpaired) electrons. The van der Waals surface area contributed by atoms with E-state index in [2.05, 4.69) is 0 Å². The van der Waals surface area contributed by atoms with Crippen LogP contribution in [-0.4, -0.2) is 58.9 Å². The van der Waals surface area contributed by atoms with Crippen LogP contribution < -0.4 is 0 Å². The Morgan fingerprint density at radius 1 is 0.727 bits per heavy atom. The molecular formula is C16H24N2O4. The molecule has 6 heteroatoms. The van der Waals surface area contributed by atoms with Crippen LogP contribution in [0, 0.1) is 17.8 Å². The molecule has 2 atom stereocenters. The summed E-state index contributed by atoms with van der Waals surface area (Å²) in [6.45, 7) is 2.25. The Kier molecular flexibility index (Phi) is 4.36.